The van der Waals surface area contributed by atoms with Crippen molar-refractivity contribution in [3.8, 4) is 0 Å². The maximum absolute atomic E-state index is 11.7. The molecule has 0 aliphatic heterocycles. The Labute approximate surface area is 127 Å². The number of ether oxygens (including phenoxy) is 1. The van der Waals surface area contributed by atoms with E-state index in [9.17, 15) is 9.59 Å². The van der Waals surface area contributed by atoms with Gasteiger partial charge in [0.2, 0.25) is 0 Å². The highest BCUT2D eigenvalue weighted by Crippen LogP contribution is 2.26. The number of hydrogen-bond acceptors (Lipinski definition) is 3. The second-order valence-corrected chi connectivity index (χ2v) is 6.46. The molecule has 1 unspecified atom stereocenters. The van der Waals surface area contributed by atoms with Crippen LogP contribution in [0.25, 0.3) is 0 Å². The summed E-state index contributed by atoms with van der Waals surface area (Å²) in [5.41, 5.74) is 0.404. The Morgan fingerprint density at radius 2 is 1.89 bits per heavy atom. The molecule has 5 heteroatoms. The van der Waals surface area contributed by atoms with Gasteiger partial charge in [-0.1, -0.05) is 52.9 Å². The smallest absolute Gasteiger partial charge is 0.408 e. The number of hydrogen-bond donors (Lipinski definition) is 1. The molecule has 0 aromatic heterocycles. The van der Waals surface area contributed by atoms with Crippen LogP contribution in [0.2, 0.25) is 0 Å². The van der Waals surface area contributed by atoms with Gasteiger partial charge >= 0.3 is 6.09 Å². The van der Waals surface area contributed by atoms with Gasteiger partial charge < -0.3 is 14.8 Å². The predicted molar refractivity (Wildman–Crippen MR) is 82.4 cm³/mol. The van der Waals surface area contributed by atoms with E-state index in [-0.39, 0.29) is 3.92 Å². The molecule has 4 nitrogen and oxygen atoms in total. The Hall–Kier alpha value is -1.11. The van der Waals surface area contributed by atoms with E-state index >= 15 is 0 Å². The van der Waals surface area contributed by atoms with Gasteiger partial charge in [0.1, 0.15) is 17.9 Å². The molecule has 0 spiro atoms. The largest absolute Gasteiger partial charge is 0.444 e. The van der Waals surface area contributed by atoms with Gasteiger partial charge in [0.15, 0.2) is 0 Å². The van der Waals surface area contributed by atoms with E-state index in [4.69, 9.17) is 4.74 Å². The normalized spacial score (nSPS) is 14.3. The average molecular weight is 375 g/mol. The van der Waals surface area contributed by atoms with Crippen molar-refractivity contribution in [3.05, 3.63) is 35.9 Å². The number of alkyl halides is 1. The summed E-state index contributed by atoms with van der Waals surface area (Å²) in [7, 11) is 0. The number of carbonyl (C=O) groups is 2. The maximum Gasteiger partial charge on any atom is 0.408 e. The monoisotopic (exact) mass is 375 g/mol. The second-order valence-electron chi connectivity index (χ2n) is 5.12. The van der Waals surface area contributed by atoms with Crippen LogP contribution in [0.3, 0.4) is 0 Å². The van der Waals surface area contributed by atoms with Crippen LogP contribution in [0.1, 0.15) is 30.3 Å². The molecule has 0 saturated heterocycles. The Balaban J connectivity index is 2.68. The number of carbonyl (C=O) groups excluding carboxylic acids is 2. The second kappa shape index (κ2) is 6.88. The zero-order chi connectivity index (χ0) is 14.5. The minimum Gasteiger partial charge on any atom is -0.444 e. The van der Waals surface area contributed by atoms with E-state index in [0.717, 1.165) is 11.8 Å². The highest BCUT2D eigenvalue weighted by molar-refractivity contribution is 14.1. The highest BCUT2D eigenvalue weighted by atomic mass is 127. The highest BCUT2D eigenvalue weighted by Gasteiger charge is 2.24. The van der Waals surface area contributed by atoms with Crippen molar-refractivity contribution < 1.29 is 14.3 Å². The topological polar surface area (TPSA) is 55.4 Å². The molecular formula is C14H18INO3. The van der Waals surface area contributed by atoms with E-state index < -0.39 is 17.7 Å². The fourth-order valence-corrected chi connectivity index (χ4v) is 2.23. The average Bonchev–Trinajstić information content (AvgIpc) is 2.34. The van der Waals surface area contributed by atoms with Gasteiger partial charge in [-0.25, -0.2) is 4.79 Å². The van der Waals surface area contributed by atoms with Crippen molar-refractivity contribution in [3.63, 3.8) is 0 Å². The number of alkyl carbamates (subject to hydrolysis) is 1. The van der Waals surface area contributed by atoms with Crippen LogP contribution in [0, 0.1) is 0 Å². The zero-order valence-electron chi connectivity index (χ0n) is 11.2. The Bertz CT molecular complexity index is 428. The van der Waals surface area contributed by atoms with Crippen molar-refractivity contribution in [2.45, 2.75) is 36.3 Å². The molecular weight excluding hydrogens is 357 g/mol. The SMILES string of the molecule is CC(C)(C)OC(=O)N[C@@H](C=O)C(I)c1ccccc1. The number of aldehydes is 1. The lowest BCUT2D eigenvalue weighted by atomic mass is 10.1. The van der Waals surface area contributed by atoms with Gasteiger partial charge in [0.25, 0.3) is 0 Å². The lowest BCUT2D eigenvalue weighted by Gasteiger charge is -2.23. The molecule has 2 atom stereocenters. The quantitative estimate of drug-likeness (QED) is 0.499. The summed E-state index contributed by atoms with van der Waals surface area (Å²) in [5.74, 6) is 0. The molecule has 1 N–H and O–H groups in total. The molecule has 1 aromatic carbocycles. The van der Waals surface area contributed by atoms with Crippen LogP contribution >= 0.6 is 22.6 Å². The minimum absolute atomic E-state index is 0.135. The van der Waals surface area contributed by atoms with Gasteiger partial charge in [-0.05, 0) is 26.3 Å². The summed E-state index contributed by atoms with van der Waals surface area (Å²) in [4.78, 5) is 22.8. The fourth-order valence-electron chi connectivity index (χ4n) is 1.46. The molecule has 19 heavy (non-hydrogen) atoms. The molecule has 0 aliphatic rings. The number of nitrogens with one attached hydrogen (secondary N) is 1. The molecule has 1 amide bonds. The summed E-state index contributed by atoms with van der Waals surface area (Å²) in [5, 5.41) is 2.58. The van der Waals surface area contributed by atoms with Crippen molar-refractivity contribution in [2.24, 2.45) is 0 Å². The summed E-state index contributed by atoms with van der Waals surface area (Å²) < 4.78 is 5.01. The third kappa shape index (κ3) is 5.59. The van der Waals surface area contributed by atoms with E-state index in [1.807, 2.05) is 30.3 Å². The Kier molecular flexibility index (Phi) is 5.78. The molecule has 0 fully saturated rings. The lowest BCUT2D eigenvalue weighted by Crippen LogP contribution is -2.41. The first kappa shape index (κ1) is 15.9. The van der Waals surface area contributed by atoms with Crippen molar-refractivity contribution >= 4 is 35.0 Å². The lowest BCUT2D eigenvalue weighted by molar-refractivity contribution is -0.109. The van der Waals surface area contributed by atoms with E-state index in [1.165, 1.54) is 0 Å². The van der Waals surface area contributed by atoms with Crippen LogP contribution in [-0.4, -0.2) is 24.0 Å². The molecule has 1 rings (SSSR count). The number of benzene rings is 1. The zero-order valence-corrected chi connectivity index (χ0v) is 13.4. The molecule has 0 saturated carbocycles. The number of rotatable bonds is 4. The van der Waals surface area contributed by atoms with Crippen LogP contribution in [0.5, 0.6) is 0 Å². The summed E-state index contributed by atoms with van der Waals surface area (Å²) in [6.07, 6.45) is 0.149. The molecule has 1 aromatic rings. The van der Waals surface area contributed by atoms with Gasteiger partial charge in [0, 0.05) is 0 Å². The fraction of sp³-hybridized carbons (Fsp3) is 0.429. The number of amides is 1. The van der Waals surface area contributed by atoms with E-state index in [0.29, 0.717) is 0 Å². The van der Waals surface area contributed by atoms with Crippen LogP contribution in [0.15, 0.2) is 30.3 Å². The van der Waals surface area contributed by atoms with Gasteiger partial charge in [0.05, 0.1) is 3.92 Å². The summed E-state index contributed by atoms with van der Waals surface area (Å²) in [6.45, 7) is 5.34. The van der Waals surface area contributed by atoms with Crippen molar-refractivity contribution in [1.29, 1.82) is 0 Å². The van der Waals surface area contributed by atoms with Crippen LogP contribution in [0.4, 0.5) is 4.79 Å². The van der Waals surface area contributed by atoms with Crippen molar-refractivity contribution in [1.82, 2.24) is 5.32 Å². The summed E-state index contributed by atoms with van der Waals surface area (Å²) >= 11 is 2.14. The third-order valence-electron chi connectivity index (χ3n) is 2.26. The standard InChI is InChI=1S/C14H18INO3/c1-14(2,3)19-13(18)16-11(9-17)12(15)10-7-5-4-6-8-10/h4-9,11-12H,1-3H3,(H,16,18)/t11-,12?/m0/s1. The van der Waals surface area contributed by atoms with Gasteiger partial charge in [-0.15, -0.1) is 0 Å². The molecule has 0 aliphatic carbocycles. The van der Waals surface area contributed by atoms with Gasteiger partial charge in [-0.2, -0.15) is 0 Å². The molecule has 0 radical (unpaired) electrons. The predicted octanol–water partition coefficient (Wildman–Crippen LogP) is 3.25. The summed E-state index contributed by atoms with van der Waals surface area (Å²) in [6, 6.07) is 8.93. The first-order valence-corrected chi connectivity index (χ1v) is 7.22. The van der Waals surface area contributed by atoms with Crippen molar-refractivity contribution in [2.75, 3.05) is 0 Å². The third-order valence-corrected chi connectivity index (χ3v) is 3.76. The van der Waals surface area contributed by atoms with E-state index in [2.05, 4.69) is 27.9 Å². The maximum atomic E-state index is 11.7. The molecule has 104 valence electrons. The molecule has 0 heterocycles. The minimum atomic E-state index is -0.613. The van der Waals surface area contributed by atoms with Gasteiger partial charge in [-0.3, -0.25) is 0 Å². The Morgan fingerprint density at radius 1 is 1.32 bits per heavy atom. The van der Waals surface area contributed by atoms with Crippen LogP contribution in [-0.2, 0) is 9.53 Å². The first-order chi connectivity index (χ1) is 8.83. The van der Waals surface area contributed by atoms with E-state index in [1.54, 1.807) is 20.8 Å². The van der Waals surface area contributed by atoms with Crippen LogP contribution < -0.4 is 5.32 Å². The Morgan fingerprint density at radius 3 is 2.37 bits per heavy atom. The first-order valence-electron chi connectivity index (χ1n) is 5.97. The molecule has 0 bridgehead atoms. The number of halogens is 1.